The van der Waals surface area contributed by atoms with Gasteiger partial charge in [-0.3, -0.25) is 9.89 Å². The zero-order valence-corrected chi connectivity index (χ0v) is 11.0. The Kier molecular flexibility index (Phi) is 4.79. The number of aromatic nitrogens is 3. The van der Waals surface area contributed by atoms with Gasteiger partial charge in [0.1, 0.15) is 5.82 Å². The minimum atomic E-state index is -0.128. The lowest BCUT2D eigenvalue weighted by Crippen LogP contribution is -2.29. The number of nitrogens with one attached hydrogen (secondary N) is 1. The van der Waals surface area contributed by atoms with Crippen LogP contribution in [0.3, 0.4) is 0 Å². The highest BCUT2D eigenvalue weighted by Crippen LogP contribution is 2.08. The van der Waals surface area contributed by atoms with Crippen molar-refractivity contribution in [3.63, 3.8) is 0 Å². The van der Waals surface area contributed by atoms with E-state index in [1.165, 1.54) is 0 Å². The Hall–Kier alpha value is -1.04. The zero-order chi connectivity index (χ0) is 12.1. The Balaban J connectivity index is 2.65. The summed E-state index contributed by atoms with van der Waals surface area (Å²) in [7, 11) is 1.77. The third-order valence-electron chi connectivity index (χ3n) is 2.22. The molecule has 0 unspecified atom stereocenters. The van der Waals surface area contributed by atoms with Gasteiger partial charge in [0.25, 0.3) is 5.91 Å². The van der Waals surface area contributed by atoms with Crippen LogP contribution in [0.5, 0.6) is 0 Å². The van der Waals surface area contributed by atoms with Gasteiger partial charge in [-0.2, -0.15) is 11.8 Å². The topological polar surface area (TPSA) is 61.9 Å². The summed E-state index contributed by atoms with van der Waals surface area (Å²) in [6.45, 7) is 4.73. The Labute approximate surface area is 100 Å². The fourth-order valence-electron chi connectivity index (χ4n) is 1.13. The van der Waals surface area contributed by atoms with Crippen molar-refractivity contribution in [1.29, 1.82) is 0 Å². The van der Waals surface area contributed by atoms with Crippen LogP contribution in [-0.4, -0.2) is 51.6 Å². The first-order chi connectivity index (χ1) is 7.56. The van der Waals surface area contributed by atoms with E-state index in [0.717, 1.165) is 11.6 Å². The van der Waals surface area contributed by atoms with Crippen LogP contribution >= 0.6 is 11.8 Å². The predicted molar refractivity (Wildman–Crippen MR) is 65.8 cm³/mol. The van der Waals surface area contributed by atoms with Gasteiger partial charge in [-0.25, -0.2) is 4.98 Å². The molecule has 0 spiro atoms. The number of thioether (sulfide) groups is 1. The maximum atomic E-state index is 11.9. The molecule has 0 saturated carbocycles. The molecule has 1 heterocycles. The summed E-state index contributed by atoms with van der Waals surface area (Å²) in [5.41, 5.74) is 0. The number of H-pyrrole nitrogens is 1. The molecule has 0 radical (unpaired) electrons. The average molecular weight is 242 g/mol. The quantitative estimate of drug-likeness (QED) is 0.847. The van der Waals surface area contributed by atoms with Gasteiger partial charge in [0, 0.05) is 25.3 Å². The van der Waals surface area contributed by atoms with Gasteiger partial charge in [0.05, 0.1) is 0 Å². The molecule has 0 aliphatic heterocycles. The van der Waals surface area contributed by atoms with Crippen molar-refractivity contribution < 1.29 is 4.79 Å². The third-order valence-corrected chi connectivity index (χ3v) is 2.81. The molecular formula is C10H18N4OS. The van der Waals surface area contributed by atoms with Crippen molar-refractivity contribution in [1.82, 2.24) is 20.1 Å². The molecule has 1 rings (SSSR count). The number of hydrogen-bond donors (Lipinski definition) is 1. The van der Waals surface area contributed by atoms with Crippen molar-refractivity contribution in [2.24, 2.45) is 0 Å². The number of carbonyl (C=O) groups is 1. The fourth-order valence-corrected chi connectivity index (χ4v) is 1.59. The van der Waals surface area contributed by atoms with Gasteiger partial charge in [-0.15, -0.1) is 5.10 Å². The van der Waals surface area contributed by atoms with Gasteiger partial charge >= 0.3 is 0 Å². The van der Waals surface area contributed by atoms with E-state index in [1.54, 1.807) is 23.7 Å². The summed E-state index contributed by atoms with van der Waals surface area (Å²) in [5.74, 6) is 2.06. The smallest absolute Gasteiger partial charge is 0.293 e. The second kappa shape index (κ2) is 5.89. The zero-order valence-electron chi connectivity index (χ0n) is 10.1. The van der Waals surface area contributed by atoms with Crippen molar-refractivity contribution in [2.75, 3.05) is 25.6 Å². The van der Waals surface area contributed by atoms with Crippen LogP contribution in [-0.2, 0) is 0 Å². The third kappa shape index (κ3) is 3.23. The first-order valence-electron chi connectivity index (χ1n) is 5.23. The molecule has 6 heteroatoms. The molecule has 1 aromatic rings. The molecule has 0 saturated heterocycles. The molecule has 0 aliphatic carbocycles. The van der Waals surface area contributed by atoms with Crippen LogP contribution in [0.25, 0.3) is 0 Å². The molecule has 0 atom stereocenters. The minimum absolute atomic E-state index is 0.128. The molecule has 90 valence electrons. The van der Waals surface area contributed by atoms with Crippen molar-refractivity contribution in [2.45, 2.75) is 19.8 Å². The molecule has 1 N–H and O–H groups in total. The summed E-state index contributed by atoms with van der Waals surface area (Å²) >= 11 is 1.71. The number of rotatable bonds is 5. The molecule has 0 bridgehead atoms. The van der Waals surface area contributed by atoms with Gasteiger partial charge in [-0.1, -0.05) is 13.8 Å². The summed E-state index contributed by atoms with van der Waals surface area (Å²) in [5, 5.41) is 6.72. The molecule has 0 aliphatic rings. The van der Waals surface area contributed by atoms with Crippen LogP contribution in [0, 0.1) is 0 Å². The standard InChI is InChI=1S/C10H18N4OS/c1-7(2)8-11-9(13-12-8)10(15)14(3)5-6-16-4/h7H,5-6H2,1-4H3,(H,11,12,13). The van der Waals surface area contributed by atoms with E-state index >= 15 is 0 Å². The molecule has 0 fully saturated rings. The molecular weight excluding hydrogens is 224 g/mol. The minimum Gasteiger partial charge on any atom is -0.338 e. The first kappa shape index (κ1) is 13.0. The van der Waals surface area contributed by atoms with E-state index in [1.807, 2.05) is 20.1 Å². The Bertz CT molecular complexity index is 350. The summed E-state index contributed by atoms with van der Waals surface area (Å²) in [4.78, 5) is 17.7. The van der Waals surface area contributed by atoms with Crippen LogP contribution < -0.4 is 0 Å². The highest BCUT2D eigenvalue weighted by atomic mass is 32.2. The maximum Gasteiger partial charge on any atom is 0.293 e. The SMILES string of the molecule is CSCCN(C)C(=O)c1n[nH]c(C(C)C)n1. The van der Waals surface area contributed by atoms with Crippen molar-refractivity contribution >= 4 is 17.7 Å². The largest absolute Gasteiger partial charge is 0.338 e. The predicted octanol–water partition coefficient (Wildman–Crippen LogP) is 1.36. The van der Waals surface area contributed by atoms with E-state index in [0.29, 0.717) is 6.54 Å². The Morgan fingerprint density at radius 3 is 2.75 bits per heavy atom. The van der Waals surface area contributed by atoms with Crippen molar-refractivity contribution in [3.8, 4) is 0 Å². The fraction of sp³-hybridized carbons (Fsp3) is 0.700. The van der Waals surface area contributed by atoms with Crippen LogP contribution in [0.2, 0.25) is 0 Å². The second-order valence-corrected chi connectivity index (χ2v) is 4.90. The summed E-state index contributed by atoms with van der Waals surface area (Å²) in [6, 6.07) is 0. The highest BCUT2D eigenvalue weighted by molar-refractivity contribution is 7.98. The lowest BCUT2D eigenvalue weighted by Gasteiger charge is -2.13. The number of carbonyl (C=O) groups excluding carboxylic acids is 1. The highest BCUT2D eigenvalue weighted by Gasteiger charge is 2.17. The molecule has 16 heavy (non-hydrogen) atoms. The average Bonchev–Trinajstić information content (AvgIpc) is 2.74. The van der Waals surface area contributed by atoms with Crippen LogP contribution in [0.1, 0.15) is 36.2 Å². The summed E-state index contributed by atoms with van der Waals surface area (Å²) < 4.78 is 0. The molecule has 0 aromatic carbocycles. The molecule has 1 amide bonds. The lowest BCUT2D eigenvalue weighted by atomic mass is 10.2. The van der Waals surface area contributed by atoms with E-state index in [-0.39, 0.29) is 17.6 Å². The van der Waals surface area contributed by atoms with E-state index in [2.05, 4.69) is 15.2 Å². The number of nitrogens with zero attached hydrogens (tertiary/aromatic N) is 3. The Morgan fingerprint density at radius 1 is 1.56 bits per heavy atom. The number of amides is 1. The van der Waals surface area contributed by atoms with Gasteiger partial charge < -0.3 is 4.90 Å². The monoisotopic (exact) mass is 242 g/mol. The Morgan fingerprint density at radius 2 is 2.25 bits per heavy atom. The summed E-state index contributed by atoms with van der Waals surface area (Å²) in [6.07, 6.45) is 2.02. The normalized spacial score (nSPS) is 10.8. The van der Waals surface area contributed by atoms with Crippen LogP contribution in [0.15, 0.2) is 0 Å². The van der Waals surface area contributed by atoms with Crippen LogP contribution in [0.4, 0.5) is 0 Å². The van der Waals surface area contributed by atoms with E-state index in [4.69, 9.17) is 0 Å². The first-order valence-corrected chi connectivity index (χ1v) is 6.62. The maximum absolute atomic E-state index is 11.9. The number of hydrogen-bond acceptors (Lipinski definition) is 4. The van der Waals surface area contributed by atoms with Gasteiger partial charge in [-0.05, 0) is 6.26 Å². The molecule has 5 nitrogen and oxygen atoms in total. The van der Waals surface area contributed by atoms with Crippen molar-refractivity contribution in [3.05, 3.63) is 11.6 Å². The number of aromatic amines is 1. The van der Waals surface area contributed by atoms with E-state index < -0.39 is 0 Å². The van der Waals surface area contributed by atoms with E-state index in [9.17, 15) is 4.79 Å². The van der Waals surface area contributed by atoms with Gasteiger partial charge in [0.15, 0.2) is 0 Å². The lowest BCUT2D eigenvalue weighted by molar-refractivity contribution is 0.0792. The molecule has 1 aromatic heterocycles. The second-order valence-electron chi connectivity index (χ2n) is 3.92. The van der Waals surface area contributed by atoms with Gasteiger partial charge in [0.2, 0.25) is 5.82 Å².